The number of carbonyl (C=O) groups is 3. The molecular weight excluding hydrogens is 388 g/mol. The molecule has 154 valence electrons. The Labute approximate surface area is 174 Å². The van der Waals surface area contributed by atoms with E-state index in [4.69, 9.17) is 4.74 Å². The molecule has 1 aromatic heterocycles. The van der Waals surface area contributed by atoms with E-state index in [1.54, 1.807) is 16.2 Å². The molecule has 1 atom stereocenters. The first-order valence-electron chi connectivity index (χ1n) is 9.73. The quantitative estimate of drug-likeness (QED) is 0.737. The topological polar surface area (TPSA) is 75.7 Å². The third kappa shape index (κ3) is 4.85. The van der Waals surface area contributed by atoms with E-state index in [1.807, 2.05) is 54.8 Å². The van der Waals surface area contributed by atoms with Crippen LogP contribution in [0.1, 0.15) is 43.2 Å². The van der Waals surface area contributed by atoms with Crippen molar-refractivity contribution in [1.29, 1.82) is 0 Å². The van der Waals surface area contributed by atoms with Gasteiger partial charge in [0.25, 0.3) is 5.91 Å². The number of amides is 2. The van der Waals surface area contributed by atoms with Gasteiger partial charge in [0.05, 0.1) is 11.5 Å². The first-order chi connectivity index (χ1) is 13.9. The van der Waals surface area contributed by atoms with E-state index in [1.165, 1.54) is 6.92 Å². The maximum Gasteiger partial charge on any atom is 0.317 e. The van der Waals surface area contributed by atoms with Gasteiger partial charge in [-0.25, -0.2) is 0 Å². The van der Waals surface area contributed by atoms with Crippen LogP contribution in [0.15, 0.2) is 47.8 Å². The van der Waals surface area contributed by atoms with Gasteiger partial charge in [0.15, 0.2) is 6.61 Å². The van der Waals surface area contributed by atoms with Crippen LogP contribution in [-0.2, 0) is 24.5 Å². The number of likely N-dealkylation sites (tertiary alicyclic amines) is 1. The second kappa shape index (κ2) is 9.22. The molecule has 1 saturated heterocycles. The summed E-state index contributed by atoms with van der Waals surface area (Å²) in [4.78, 5) is 39.9. The minimum atomic E-state index is -0.840. The SMILES string of the molecule is CC(=O)N1CCC(C(=O)OCC(=O)N[C@@H](C)c2cccs2)(c2ccccc2)CC1. The largest absolute Gasteiger partial charge is 0.455 e. The fraction of sp³-hybridized carbons (Fsp3) is 0.409. The molecule has 6 nitrogen and oxygen atoms in total. The maximum atomic E-state index is 13.1. The first kappa shape index (κ1) is 21.0. The Morgan fingerprint density at radius 2 is 1.83 bits per heavy atom. The average molecular weight is 415 g/mol. The fourth-order valence-electron chi connectivity index (χ4n) is 3.73. The lowest BCUT2D eigenvalue weighted by Gasteiger charge is -2.40. The van der Waals surface area contributed by atoms with Crippen LogP contribution in [0.3, 0.4) is 0 Å². The zero-order valence-corrected chi connectivity index (χ0v) is 17.5. The highest BCUT2D eigenvalue weighted by molar-refractivity contribution is 7.10. The standard InChI is InChI=1S/C22H26N2O4S/c1-16(19-9-6-14-29-19)23-20(26)15-28-21(27)22(18-7-4-3-5-8-18)10-12-24(13-11-22)17(2)25/h3-9,14,16H,10-13,15H2,1-2H3,(H,23,26)/t16-/m0/s1. The lowest BCUT2D eigenvalue weighted by atomic mass is 9.72. The number of rotatable bonds is 6. The molecule has 0 unspecified atom stereocenters. The van der Waals surface area contributed by atoms with Crippen LogP contribution in [0.5, 0.6) is 0 Å². The molecule has 0 radical (unpaired) electrons. The highest BCUT2D eigenvalue weighted by Gasteiger charge is 2.44. The number of ether oxygens (including phenoxy) is 1. The Morgan fingerprint density at radius 1 is 1.14 bits per heavy atom. The number of esters is 1. The number of hydrogen-bond donors (Lipinski definition) is 1. The molecule has 7 heteroatoms. The third-order valence-electron chi connectivity index (χ3n) is 5.46. The van der Waals surface area contributed by atoms with Gasteiger partial charge < -0.3 is 15.0 Å². The molecule has 0 saturated carbocycles. The van der Waals surface area contributed by atoms with Crippen molar-refractivity contribution < 1.29 is 19.1 Å². The smallest absolute Gasteiger partial charge is 0.317 e. The van der Waals surface area contributed by atoms with E-state index in [0.29, 0.717) is 25.9 Å². The van der Waals surface area contributed by atoms with Gasteiger partial charge in [-0.15, -0.1) is 11.3 Å². The lowest BCUT2D eigenvalue weighted by molar-refractivity contribution is -0.157. The van der Waals surface area contributed by atoms with Crippen LogP contribution in [0.25, 0.3) is 0 Å². The number of nitrogens with one attached hydrogen (secondary N) is 1. The third-order valence-corrected chi connectivity index (χ3v) is 6.52. The minimum Gasteiger partial charge on any atom is -0.455 e. The highest BCUT2D eigenvalue weighted by atomic mass is 32.1. The molecule has 1 fully saturated rings. The minimum absolute atomic E-state index is 0.00183. The molecule has 1 aliphatic heterocycles. The summed E-state index contributed by atoms with van der Waals surface area (Å²) in [6, 6.07) is 13.2. The van der Waals surface area contributed by atoms with Crippen LogP contribution in [0.4, 0.5) is 0 Å². The van der Waals surface area contributed by atoms with Crippen molar-refractivity contribution in [2.75, 3.05) is 19.7 Å². The number of nitrogens with zero attached hydrogens (tertiary/aromatic N) is 1. The molecule has 0 aliphatic carbocycles. The second-order valence-electron chi connectivity index (χ2n) is 7.33. The van der Waals surface area contributed by atoms with Crippen LogP contribution in [-0.4, -0.2) is 42.4 Å². The van der Waals surface area contributed by atoms with E-state index in [2.05, 4.69) is 5.32 Å². The van der Waals surface area contributed by atoms with Crippen molar-refractivity contribution in [2.24, 2.45) is 0 Å². The molecule has 2 aromatic rings. The van der Waals surface area contributed by atoms with Gasteiger partial charge in [0.1, 0.15) is 0 Å². The zero-order valence-electron chi connectivity index (χ0n) is 16.7. The van der Waals surface area contributed by atoms with Crippen LogP contribution in [0, 0.1) is 0 Å². The second-order valence-corrected chi connectivity index (χ2v) is 8.31. The summed E-state index contributed by atoms with van der Waals surface area (Å²) >= 11 is 1.56. The molecule has 1 aliphatic rings. The van der Waals surface area contributed by atoms with E-state index >= 15 is 0 Å². The average Bonchev–Trinajstić information content (AvgIpc) is 3.27. The van der Waals surface area contributed by atoms with Crippen LogP contribution in [0.2, 0.25) is 0 Å². The summed E-state index contributed by atoms with van der Waals surface area (Å²) in [6.45, 7) is 4.09. The van der Waals surface area contributed by atoms with Crippen molar-refractivity contribution in [1.82, 2.24) is 10.2 Å². The number of hydrogen-bond acceptors (Lipinski definition) is 5. The summed E-state index contributed by atoms with van der Waals surface area (Å²) in [7, 11) is 0. The lowest BCUT2D eigenvalue weighted by Crippen LogP contribution is -2.49. The summed E-state index contributed by atoms with van der Waals surface area (Å²) in [5, 5.41) is 4.81. The molecule has 0 bridgehead atoms. The van der Waals surface area contributed by atoms with Crippen molar-refractivity contribution in [2.45, 2.75) is 38.1 Å². The first-order valence-corrected chi connectivity index (χ1v) is 10.6. The number of benzene rings is 1. The maximum absolute atomic E-state index is 13.1. The highest BCUT2D eigenvalue weighted by Crippen LogP contribution is 2.37. The van der Waals surface area contributed by atoms with Crippen molar-refractivity contribution in [3.63, 3.8) is 0 Å². The Hall–Kier alpha value is -2.67. The number of piperidine rings is 1. The van der Waals surface area contributed by atoms with Crippen LogP contribution >= 0.6 is 11.3 Å². The monoisotopic (exact) mass is 414 g/mol. The van der Waals surface area contributed by atoms with Gasteiger partial charge in [-0.1, -0.05) is 36.4 Å². The van der Waals surface area contributed by atoms with Crippen LogP contribution < -0.4 is 5.32 Å². The Balaban J connectivity index is 1.66. The molecule has 1 N–H and O–H groups in total. The van der Waals surface area contributed by atoms with E-state index in [-0.39, 0.29) is 24.5 Å². The van der Waals surface area contributed by atoms with Crippen molar-refractivity contribution >= 4 is 29.1 Å². The van der Waals surface area contributed by atoms with Gasteiger partial charge in [0, 0.05) is 24.9 Å². The molecule has 0 spiro atoms. The summed E-state index contributed by atoms with van der Waals surface area (Å²) in [5.74, 6) is -0.739. The molecule has 2 amide bonds. The van der Waals surface area contributed by atoms with Gasteiger partial charge in [-0.05, 0) is 36.8 Å². The summed E-state index contributed by atoms with van der Waals surface area (Å²) in [5.41, 5.74) is 0.0212. The Morgan fingerprint density at radius 3 is 2.41 bits per heavy atom. The zero-order chi connectivity index (χ0) is 20.9. The predicted molar refractivity (Wildman–Crippen MR) is 111 cm³/mol. The van der Waals surface area contributed by atoms with Gasteiger partial charge >= 0.3 is 5.97 Å². The molecule has 1 aromatic carbocycles. The summed E-state index contributed by atoms with van der Waals surface area (Å²) in [6.07, 6.45) is 0.950. The Bertz CT molecular complexity index is 843. The van der Waals surface area contributed by atoms with Gasteiger partial charge in [-0.2, -0.15) is 0 Å². The van der Waals surface area contributed by atoms with E-state index < -0.39 is 11.4 Å². The van der Waals surface area contributed by atoms with Crippen molar-refractivity contribution in [3.05, 3.63) is 58.3 Å². The number of thiophene rings is 1. The van der Waals surface area contributed by atoms with Gasteiger partial charge in [0.2, 0.25) is 5.91 Å². The molecule has 3 rings (SSSR count). The van der Waals surface area contributed by atoms with Gasteiger partial charge in [-0.3, -0.25) is 14.4 Å². The normalized spacial score (nSPS) is 16.7. The molecular formula is C22H26N2O4S. The molecule has 2 heterocycles. The summed E-state index contributed by atoms with van der Waals surface area (Å²) < 4.78 is 5.46. The van der Waals surface area contributed by atoms with E-state index in [0.717, 1.165) is 10.4 Å². The Kier molecular flexibility index (Phi) is 6.69. The van der Waals surface area contributed by atoms with Crippen molar-refractivity contribution in [3.8, 4) is 0 Å². The number of carbonyl (C=O) groups excluding carboxylic acids is 3. The predicted octanol–water partition coefficient (Wildman–Crippen LogP) is 3.05. The fourth-order valence-corrected chi connectivity index (χ4v) is 4.47. The van der Waals surface area contributed by atoms with E-state index in [9.17, 15) is 14.4 Å². The molecule has 29 heavy (non-hydrogen) atoms.